The minimum Gasteiger partial charge on any atom is -0.480 e. The topological polar surface area (TPSA) is 89.3 Å². The molecule has 0 aromatic heterocycles. The number of hydrogen-bond acceptors (Lipinski definition) is 3. The van der Waals surface area contributed by atoms with Crippen molar-refractivity contribution in [1.29, 1.82) is 0 Å². The Morgan fingerprint density at radius 1 is 1.46 bits per heavy atom. The predicted molar refractivity (Wildman–Crippen MR) is 56.4 cm³/mol. The van der Waals surface area contributed by atoms with Crippen molar-refractivity contribution < 1.29 is 9.90 Å². The number of aliphatic carboxylic acids is 1. The van der Waals surface area contributed by atoms with Gasteiger partial charge >= 0.3 is 5.97 Å². The largest absolute Gasteiger partial charge is 0.480 e. The zero-order valence-electron chi connectivity index (χ0n) is 8.58. The zero-order valence-corrected chi connectivity index (χ0v) is 9.58. The van der Waals surface area contributed by atoms with Crippen molar-refractivity contribution in [1.82, 2.24) is 0 Å². The van der Waals surface area contributed by atoms with Crippen LogP contribution < -0.4 is 11.5 Å². The molecular weight excluding hydrogens is 184 g/mol. The van der Waals surface area contributed by atoms with Crippen LogP contribution in [0.3, 0.4) is 0 Å². The molecule has 0 aliphatic heterocycles. The number of nitrogens with two attached hydrogens (primary N) is 2. The summed E-state index contributed by atoms with van der Waals surface area (Å²) >= 11 is 0. The number of carboxylic acid groups (broad SMARTS) is 1. The van der Waals surface area contributed by atoms with Gasteiger partial charge in [-0.2, -0.15) is 0 Å². The van der Waals surface area contributed by atoms with Crippen LogP contribution in [-0.2, 0) is 4.79 Å². The summed E-state index contributed by atoms with van der Waals surface area (Å²) in [5, 5.41) is 8.64. The summed E-state index contributed by atoms with van der Waals surface area (Å²) in [5.41, 5.74) is 11.3. The van der Waals surface area contributed by atoms with Crippen LogP contribution in [0.4, 0.5) is 0 Å². The lowest BCUT2D eigenvalue weighted by molar-refractivity contribution is -0.138. The molecular formula is C8H20N2O2Si. The van der Waals surface area contributed by atoms with Crippen molar-refractivity contribution in [3.05, 3.63) is 0 Å². The first-order chi connectivity index (χ1) is 5.79. The lowest BCUT2D eigenvalue weighted by Crippen LogP contribution is -2.40. The van der Waals surface area contributed by atoms with Crippen LogP contribution in [0.2, 0.25) is 25.2 Å². The lowest BCUT2D eigenvalue weighted by Gasteiger charge is -2.28. The summed E-state index contributed by atoms with van der Waals surface area (Å²) in [5.74, 6) is -0.934. The Morgan fingerprint density at radius 3 is 2.15 bits per heavy atom. The minimum atomic E-state index is -1.36. The van der Waals surface area contributed by atoms with E-state index in [1.165, 1.54) is 0 Å². The Bertz CT molecular complexity index is 179. The fourth-order valence-corrected chi connectivity index (χ4v) is 2.88. The highest BCUT2D eigenvalue weighted by molar-refractivity contribution is 6.77. The third-order valence-corrected chi connectivity index (χ3v) is 5.29. The standard InChI is InChI=1S/C8H20N2O2Si/c1-13(2,3)6(5-9)4-7(10)8(11)12/h6-7H,4-5,9-10H2,1-3H3,(H,11,12)/t6?,7-/m0/s1. The fraction of sp³-hybridized carbons (Fsp3) is 0.875. The molecule has 78 valence electrons. The average molecular weight is 204 g/mol. The van der Waals surface area contributed by atoms with Crippen LogP contribution in [0.15, 0.2) is 0 Å². The lowest BCUT2D eigenvalue weighted by atomic mass is 10.1. The Labute approximate surface area is 80.3 Å². The number of hydrogen-bond donors (Lipinski definition) is 3. The van der Waals surface area contributed by atoms with E-state index < -0.39 is 20.1 Å². The molecule has 0 amide bonds. The van der Waals surface area contributed by atoms with Gasteiger partial charge in [-0.05, 0) is 18.5 Å². The second-order valence-corrected chi connectivity index (χ2v) is 10.0. The van der Waals surface area contributed by atoms with E-state index in [1.54, 1.807) is 0 Å². The second-order valence-electron chi connectivity index (χ2n) is 4.48. The van der Waals surface area contributed by atoms with E-state index in [0.717, 1.165) is 0 Å². The number of rotatable bonds is 5. The monoisotopic (exact) mass is 204 g/mol. The maximum Gasteiger partial charge on any atom is 0.320 e. The molecule has 0 aromatic carbocycles. The summed E-state index contributed by atoms with van der Waals surface area (Å²) in [6, 6.07) is -0.764. The molecule has 0 fully saturated rings. The first-order valence-electron chi connectivity index (χ1n) is 4.47. The maximum atomic E-state index is 10.5. The van der Waals surface area contributed by atoms with Crippen LogP contribution in [0.25, 0.3) is 0 Å². The molecule has 2 atom stereocenters. The molecule has 13 heavy (non-hydrogen) atoms. The van der Waals surface area contributed by atoms with Crippen molar-refractivity contribution in [2.75, 3.05) is 6.54 Å². The van der Waals surface area contributed by atoms with Crippen LogP contribution >= 0.6 is 0 Å². The van der Waals surface area contributed by atoms with Gasteiger partial charge in [-0.15, -0.1) is 0 Å². The van der Waals surface area contributed by atoms with Gasteiger partial charge in [0.15, 0.2) is 0 Å². The van der Waals surface area contributed by atoms with Gasteiger partial charge < -0.3 is 16.6 Å². The molecule has 0 rings (SSSR count). The quantitative estimate of drug-likeness (QED) is 0.567. The number of carbonyl (C=O) groups is 1. The van der Waals surface area contributed by atoms with Crippen LogP contribution in [0.5, 0.6) is 0 Å². The molecule has 0 bridgehead atoms. The summed E-state index contributed by atoms with van der Waals surface area (Å²) < 4.78 is 0. The van der Waals surface area contributed by atoms with Gasteiger partial charge in [0.1, 0.15) is 6.04 Å². The molecule has 0 aliphatic rings. The van der Waals surface area contributed by atoms with Crippen molar-refractivity contribution >= 4 is 14.0 Å². The van der Waals surface area contributed by atoms with E-state index in [9.17, 15) is 4.79 Å². The van der Waals surface area contributed by atoms with Crippen LogP contribution in [0.1, 0.15) is 6.42 Å². The summed E-state index contributed by atoms with van der Waals surface area (Å²) in [7, 11) is -1.36. The van der Waals surface area contributed by atoms with Gasteiger partial charge in [0.2, 0.25) is 0 Å². The minimum absolute atomic E-state index is 0.290. The van der Waals surface area contributed by atoms with Gasteiger partial charge in [0, 0.05) is 8.07 Å². The summed E-state index contributed by atoms with van der Waals surface area (Å²) in [6.07, 6.45) is 0.502. The Kier molecular flexibility index (Phi) is 4.59. The zero-order chi connectivity index (χ0) is 10.6. The Balaban J connectivity index is 4.22. The highest BCUT2D eigenvalue weighted by Crippen LogP contribution is 2.24. The van der Waals surface area contributed by atoms with E-state index >= 15 is 0 Å². The molecule has 0 spiro atoms. The molecule has 1 unspecified atom stereocenters. The number of carboxylic acids is 1. The molecule has 5 N–H and O–H groups in total. The van der Waals surface area contributed by atoms with E-state index in [4.69, 9.17) is 16.6 Å². The smallest absolute Gasteiger partial charge is 0.320 e. The van der Waals surface area contributed by atoms with Crippen LogP contribution in [-0.4, -0.2) is 31.7 Å². The van der Waals surface area contributed by atoms with E-state index in [-0.39, 0.29) is 0 Å². The first kappa shape index (κ1) is 12.6. The highest BCUT2D eigenvalue weighted by Gasteiger charge is 2.28. The molecule has 4 nitrogen and oxygen atoms in total. The van der Waals surface area contributed by atoms with Crippen molar-refractivity contribution in [3.63, 3.8) is 0 Å². The van der Waals surface area contributed by atoms with Gasteiger partial charge in [-0.1, -0.05) is 19.6 Å². The molecule has 0 heterocycles. The van der Waals surface area contributed by atoms with Crippen molar-refractivity contribution in [2.45, 2.75) is 37.6 Å². The highest BCUT2D eigenvalue weighted by atomic mass is 28.3. The van der Waals surface area contributed by atoms with E-state index in [0.29, 0.717) is 18.5 Å². The van der Waals surface area contributed by atoms with E-state index in [1.807, 2.05) is 0 Å². The molecule has 0 saturated carbocycles. The summed E-state index contributed by atoms with van der Waals surface area (Å²) in [6.45, 7) is 7.08. The third-order valence-electron chi connectivity index (χ3n) is 2.36. The maximum absolute atomic E-state index is 10.5. The Hall–Kier alpha value is -0.393. The van der Waals surface area contributed by atoms with E-state index in [2.05, 4.69) is 19.6 Å². The van der Waals surface area contributed by atoms with Gasteiger partial charge in [0.05, 0.1) is 0 Å². The predicted octanol–water partition coefficient (Wildman–Crippen LogP) is 0.456. The molecule has 5 heteroatoms. The van der Waals surface area contributed by atoms with Gasteiger partial charge in [0.25, 0.3) is 0 Å². The molecule has 0 radical (unpaired) electrons. The van der Waals surface area contributed by atoms with Gasteiger partial charge in [-0.3, -0.25) is 4.79 Å². The average Bonchev–Trinajstić information content (AvgIpc) is 1.96. The van der Waals surface area contributed by atoms with Crippen LogP contribution in [0, 0.1) is 0 Å². The Morgan fingerprint density at radius 2 is 1.92 bits per heavy atom. The summed E-state index contributed by atoms with van der Waals surface area (Å²) in [4.78, 5) is 10.5. The first-order valence-corrected chi connectivity index (χ1v) is 8.05. The van der Waals surface area contributed by atoms with Crippen molar-refractivity contribution in [2.24, 2.45) is 11.5 Å². The molecule has 0 aliphatic carbocycles. The van der Waals surface area contributed by atoms with Crippen molar-refractivity contribution in [3.8, 4) is 0 Å². The van der Waals surface area contributed by atoms with Gasteiger partial charge in [-0.25, -0.2) is 0 Å². The molecule has 0 saturated heterocycles. The third kappa shape index (κ3) is 4.40. The SMILES string of the molecule is C[Si](C)(C)C(CN)C[C@H](N)C(=O)O. The fourth-order valence-electron chi connectivity index (χ4n) is 1.21. The normalized spacial score (nSPS) is 16.7. The molecule has 0 aromatic rings. The second kappa shape index (κ2) is 4.73.